The van der Waals surface area contributed by atoms with Gasteiger partial charge in [0.2, 0.25) is 0 Å². The van der Waals surface area contributed by atoms with Crippen LogP contribution in [0.15, 0.2) is 54.6 Å². The lowest BCUT2D eigenvalue weighted by Crippen LogP contribution is -2.42. The Bertz CT molecular complexity index is 974. The van der Waals surface area contributed by atoms with E-state index in [1.165, 1.54) is 0 Å². The molecule has 2 saturated heterocycles. The van der Waals surface area contributed by atoms with Gasteiger partial charge in [0.05, 0.1) is 6.54 Å². The van der Waals surface area contributed by atoms with Crippen molar-refractivity contribution in [2.24, 2.45) is 5.73 Å². The molecule has 33 heavy (non-hydrogen) atoms. The van der Waals surface area contributed by atoms with Gasteiger partial charge in [0, 0.05) is 30.9 Å². The topological polar surface area (TPSA) is 118 Å². The molecule has 0 aliphatic carbocycles. The lowest BCUT2D eigenvalue weighted by molar-refractivity contribution is -0.00783. The van der Waals surface area contributed by atoms with Crippen molar-refractivity contribution in [1.82, 2.24) is 4.90 Å². The number of cyclic esters (lactones) is 1. The molecule has 1 amide bonds. The highest BCUT2D eigenvalue weighted by molar-refractivity contribution is 5.96. The summed E-state index contributed by atoms with van der Waals surface area (Å²) in [4.78, 5) is 28.1. The number of rotatable bonds is 7. The number of nitrogens with one attached hydrogen (secondary N) is 1. The molecule has 2 aliphatic rings. The van der Waals surface area contributed by atoms with E-state index in [0.29, 0.717) is 37.2 Å². The van der Waals surface area contributed by atoms with Gasteiger partial charge in [-0.25, -0.2) is 9.59 Å². The third kappa shape index (κ3) is 6.01. The number of anilines is 1. The molecule has 3 N–H and O–H groups in total. The number of nitrogen functional groups attached to an aromatic ring is 1. The molecule has 2 fully saturated rings. The minimum Gasteiger partial charge on any atom is -0.443 e. The van der Waals surface area contributed by atoms with Gasteiger partial charge in [0.15, 0.2) is 0 Å². The number of piperidine rings is 1. The number of hydrogen-bond donors (Lipinski definition) is 2. The van der Waals surface area contributed by atoms with Gasteiger partial charge in [0.25, 0.3) is 0 Å². The summed E-state index contributed by atoms with van der Waals surface area (Å²) in [6.45, 7) is 2.77. The molecule has 174 valence electrons. The van der Waals surface area contributed by atoms with E-state index in [0.717, 1.165) is 18.7 Å². The van der Waals surface area contributed by atoms with Gasteiger partial charge in [-0.1, -0.05) is 30.3 Å². The molecule has 1 atom stereocenters. The number of carbonyl (C=O) groups is 2. The molecule has 0 aromatic heterocycles. The number of likely N-dealkylation sites (tertiary alicyclic amines) is 1. The van der Waals surface area contributed by atoms with Crippen molar-refractivity contribution >= 4 is 23.8 Å². The van der Waals surface area contributed by atoms with Crippen LogP contribution in [0.1, 0.15) is 24.0 Å². The second-order valence-corrected chi connectivity index (χ2v) is 8.22. The first-order valence-corrected chi connectivity index (χ1v) is 11.0. The molecule has 9 heteroatoms. The van der Waals surface area contributed by atoms with Crippen LogP contribution < -0.4 is 10.6 Å². The SMILES string of the molecule is N=C(N)c1ccc(N2C[C@H](CN3CCC(OC(=O)OCc4ccccc4)CC3)OC2=O)cc1. The second kappa shape index (κ2) is 10.4. The van der Waals surface area contributed by atoms with Crippen LogP contribution in [0.4, 0.5) is 15.3 Å². The molecule has 2 aromatic rings. The summed E-state index contributed by atoms with van der Waals surface area (Å²) in [5.74, 6) is -0.0136. The highest BCUT2D eigenvalue weighted by Gasteiger charge is 2.34. The number of amides is 1. The molecule has 0 bridgehead atoms. The maximum Gasteiger partial charge on any atom is 0.508 e. The molecule has 0 saturated carbocycles. The number of ether oxygens (including phenoxy) is 3. The van der Waals surface area contributed by atoms with Crippen LogP contribution in [0.3, 0.4) is 0 Å². The first-order valence-electron chi connectivity index (χ1n) is 11.0. The molecule has 0 unspecified atom stereocenters. The average molecular weight is 453 g/mol. The molecule has 2 aromatic carbocycles. The smallest absolute Gasteiger partial charge is 0.443 e. The molecule has 9 nitrogen and oxygen atoms in total. The Balaban J connectivity index is 1.19. The fraction of sp³-hybridized carbons (Fsp3) is 0.375. The molecule has 2 aliphatic heterocycles. The van der Waals surface area contributed by atoms with E-state index in [2.05, 4.69) is 4.90 Å². The number of nitrogens with zero attached hydrogens (tertiary/aromatic N) is 2. The Labute approximate surface area is 192 Å². The van der Waals surface area contributed by atoms with Crippen molar-refractivity contribution in [2.45, 2.75) is 31.7 Å². The Morgan fingerprint density at radius 1 is 1.09 bits per heavy atom. The first-order chi connectivity index (χ1) is 16.0. The second-order valence-electron chi connectivity index (χ2n) is 8.22. The van der Waals surface area contributed by atoms with E-state index < -0.39 is 6.16 Å². The van der Waals surface area contributed by atoms with Gasteiger partial charge in [-0.3, -0.25) is 15.2 Å². The van der Waals surface area contributed by atoms with Crippen molar-refractivity contribution < 1.29 is 23.8 Å². The van der Waals surface area contributed by atoms with Crippen LogP contribution in [0.5, 0.6) is 0 Å². The predicted molar refractivity (Wildman–Crippen MR) is 122 cm³/mol. The van der Waals surface area contributed by atoms with Gasteiger partial charge in [-0.05, 0) is 42.7 Å². The lowest BCUT2D eigenvalue weighted by atomic mass is 10.1. The van der Waals surface area contributed by atoms with Gasteiger partial charge in [-0.2, -0.15) is 0 Å². The minimum atomic E-state index is -0.645. The van der Waals surface area contributed by atoms with Crippen molar-refractivity contribution in [3.05, 3.63) is 65.7 Å². The Morgan fingerprint density at radius 3 is 2.45 bits per heavy atom. The quantitative estimate of drug-likeness (QED) is 0.376. The molecule has 2 heterocycles. The summed E-state index contributed by atoms with van der Waals surface area (Å²) in [5, 5.41) is 7.47. The summed E-state index contributed by atoms with van der Waals surface area (Å²) in [6, 6.07) is 16.4. The molecule has 0 radical (unpaired) electrons. The highest BCUT2D eigenvalue weighted by atomic mass is 16.7. The maximum atomic E-state index is 12.3. The maximum absolute atomic E-state index is 12.3. The number of hydrogen-bond acceptors (Lipinski definition) is 7. The lowest BCUT2D eigenvalue weighted by Gasteiger charge is -2.32. The van der Waals surface area contributed by atoms with Crippen LogP contribution in [0.25, 0.3) is 0 Å². The van der Waals surface area contributed by atoms with Crippen molar-refractivity contribution in [1.29, 1.82) is 5.41 Å². The van der Waals surface area contributed by atoms with E-state index in [1.54, 1.807) is 29.2 Å². The summed E-state index contributed by atoms with van der Waals surface area (Å²) in [7, 11) is 0. The van der Waals surface area contributed by atoms with Crippen LogP contribution in [0.2, 0.25) is 0 Å². The molecule has 4 rings (SSSR count). The van der Waals surface area contributed by atoms with E-state index in [9.17, 15) is 9.59 Å². The standard InChI is InChI=1S/C24H28N4O5/c25-22(26)18-6-8-19(9-7-18)28-15-21(32-23(28)29)14-27-12-10-20(11-13-27)33-24(30)31-16-17-4-2-1-3-5-17/h1-9,20-21H,10-16H2,(H3,25,26)/t21-/m0/s1. The van der Waals surface area contributed by atoms with Gasteiger partial charge >= 0.3 is 12.2 Å². The predicted octanol–water partition coefficient (Wildman–Crippen LogP) is 3.11. The highest BCUT2D eigenvalue weighted by Crippen LogP contribution is 2.24. The zero-order chi connectivity index (χ0) is 23.2. The van der Waals surface area contributed by atoms with Crippen LogP contribution >= 0.6 is 0 Å². The monoisotopic (exact) mass is 452 g/mol. The van der Waals surface area contributed by atoms with E-state index in [-0.39, 0.29) is 30.7 Å². The summed E-state index contributed by atoms with van der Waals surface area (Å²) in [5.41, 5.74) is 7.72. The number of nitrogens with two attached hydrogens (primary N) is 1. The number of benzene rings is 2. The Morgan fingerprint density at radius 2 is 1.79 bits per heavy atom. The summed E-state index contributed by atoms with van der Waals surface area (Å²) in [6.07, 6.45) is -0.0251. The van der Waals surface area contributed by atoms with Crippen molar-refractivity contribution in [2.75, 3.05) is 31.1 Å². The van der Waals surface area contributed by atoms with Gasteiger partial charge in [0.1, 0.15) is 24.7 Å². The van der Waals surface area contributed by atoms with Crippen LogP contribution in [-0.4, -0.2) is 61.4 Å². The largest absolute Gasteiger partial charge is 0.508 e. The van der Waals surface area contributed by atoms with Crippen LogP contribution in [-0.2, 0) is 20.8 Å². The summed E-state index contributed by atoms with van der Waals surface area (Å²) < 4.78 is 16.2. The zero-order valence-electron chi connectivity index (χ0n) is 18.3. The van der Waals surface area contributed by atoms with Crippen molar-refractivity contribution in [3.63, 3.8) is 0 Å². The fourth-order valence-electron chi connectivity index (χ4n) is 4.03. The number of amidine groups is 1. The van der Waals surface area contributed by atoms with Gasteiger partial charge < -0.3 is 19.9 Å². The minimum absolute atomic E-state index is 0.0136. The Hall–Kier alpha value is -3.59. The first kappa shape index (κ1) is 22.6. The molecule has 0 spiro atoms. The fourth-order valence-corrected chi connectivity index (χ4v) is 4.03. The molecular weight excluding hydrogens is 424 g/mol. The van der Waals surface area contributed by atoms with E-state index in [4.69, 9.17) is 25.4 Å². The summed E-state index contributed by atoms with van der Waals surface area (Å²) >= 11 is 0. The average Bonchev–Trinajstić information content (AvgIpc) is 3.19. The normalized spacial score (nSPS) is 19.2. The van der Waals surface area contributed by atoms with Crippen molar-refractivity contribution in [3.8, 4) is 0 Å². The number of carbonyl (C=O) groups excluding carboxylic acids is 2. The Kier molecular flexibility index (Phi) is 7.09. The molecular formula is C24H28N4O5. The third-order valence-electron chi connectivity index (χ3n) is 5.82. The zero-order valence-corrected chi connectivity index (χ0v) is 18.3. The third-order valence-corrected chi connectivity index (χ3v) is 5.82. The van der Waals surface area contributed by atoms with Gasteiger partial charge in [-0.15, -0.1) is 0 Å². The van der Waals surface area contributed by atoms with E-state index >= 15 is 0 Å². The van der Waals surface area contributed by atoms with Crippen LogP contribution in [0, 0.1) is 5.41 Å². The van der Waals surface area contributed by atoms with E-state index in [1.807, 2.05) is 30.3 Å².